The Labute approximate surface area is 93.2 Å². The molecular weight excluding hydrogens is 217 g/mol. The lowest BCUT2D eigenvalue weighted by atomic mass is 9.87. The molecule has 89 valence electrons. The van der Waals surface area contributed by atoms with Gasteiger partial charge in [-0.15, -0.1) is 0 Å². The largest absolute Gasteiger partial charge is 0.484 e. The SMILES string of the molecule is CC(C)(C)c1c[c]cc(OCC(F)(F)F)c1. The Kier molecular flexibility index (Phi) is 3.51. The Balaban J connectivity index is 2.76. The molecule has 0 saturated heterocycles. The molecule has 1 radical (unpaired) electrons. The normalized spacial score (nSPS) is 12.6. The van der Waals surface area contributed by atoms with Crippen molar-refractivity contribution in [2.45, 2.75) is 32.4 Å². The predicted octanol–water partition coefficient (Wildman–Crippen LogP) is 3.73. The molecule has 0 amide bonds. The summed E-state index contributed by atoms with van der Waals surface area (Å²) in [6, 6.07) is 7.55. The summed E-state index contributed by atoms with van der Waals surface area (Å²) in [4.78, 5) is 0. The predicted molar refractivity (Wildman–Crippen MR) is 55.5 cm³/mol. The van der Waals surface area contributed by atoms with Crippen LogP contribution in [0, 0.1) is 6.07 Å². The van der Waals surface area contributed by atoms with Gasteiger partial charge in [0.25, 0.3) is 0 Å². The maximum Gasteiger partial charge on any atom is 0.422 e. The third-order valence-corrected chi connectivity index (χ3v) is 2.03. The second-order valence-corrected chi connectivity index (χ2v) is 4.61. The first kappa shape index (κ1) is 12.9. The quantitative estimate of drug-likeness (QED) is 0.753. The Hall–Kier alpha value is -1.19. The van der Waals surface area contributed by atoms with Crippen molar-refractivity contribution in [3.8, 4) is 5.75 Å². The van der Waals surface area contributed by atoms with Gasteiger partial charge in [-0.3, -0.25) is 0 Å². The molecule has 1 aromatic carbocycles. The molecule has 1 aromatic rings. The first-order valence-corrected chi connectivity index (χ1v) is 4.90. The van der Waals surface area contributed by atoms with E-state index in [1.54, 1.807) is 12.1 Å². The maximum atomic E-state index is 11.9. The van der Waals surface area contributed by atoms with Crippen LogP contribution in [0.5, 0.6) is 5.75 Å². The molecule has 0 N–H and O–H groups in total. The molecular formula is C12H14F3O. The summed E-state index contributed by atoms with van der Waals surface area (Å²) in [5.41, 5.74) is 0.765. The summed E-state index contributed by atoms with van der Waals surface area (Å²) < 4.78 is 40.5. The van der Waals surface area contributed by atoms with E-state index < -0.39 is 12.8 Å². The van der Waals surface area contributed by atoms with Crippen molar-refractivity contribution in [3.63, 3.8) is 0 Å². The van der Waals surface area contributed by atoms with Gasteiger partial charge in [-0.2, -0.15) is 13.2 Å². The minimum Gasteiger partial charge on any atom is -0.484 e. The van der Waals surface area contributed by atoms with Crippen molar-refractivity contribution in [2.24, 2.45) is 0 Å². The fraction of sp³-hybridized carbons (Fsp3) is 0.500. The minimum absolute atomic E-state index is 0.131. The van der Waals surface area contributed by atoms with Gasteiger partial charge >= 0.3 is 6.18 Å². The second kappa shape index (κ2) is 4.36. The summed E-state index contributed by atoms with van der Waals surface area (Å²) in [6.45, 7) is 4.66. The highest BCUT2D eigenvalue weighted by Gasteiger charge is 2.28. The standard InChI is InChI=1S/C12H14F3O/c1-11(2,3)9-5-4-6-10(7-9)16-8-12(13,14)15/h5-7H,8H2,1-3H3. The van der Waals surface area contributed by atoms with Gasteiger partial charge in [0.2, 0.25) is 0 Å². The second-order valence-electron chi connectivity index (χ2n) is 4.61. The number of ether oxygens (including phenoxy) is 1. The van der Waals surface area contributed by atoms with Crippen molar-refractivity contribution >= 4 is 0 Å². The third kappa shape index (κ3) is 4.13. The van der Waals surface area contributed by atoms with E-state index in [1.807, 2.05) is 20.8 Å². The maximum absolute atomic E-state index is 11.9. The molecule has 0 atom stereocenters. The average molecular weight is 231 g/mol. The molecule has 1 rings (SSSR count). The molecule has 1 nitrogen and oxygen atoms in total. The van der Waals surface area contributed by atoms with E-state index in [0.29, 0.717) is 0 Å². The van der Waals surface area contributed by atoms with Crippen LogP contribution in [0.3, 0.4) is 0 Å². The van der Waals surface area contributed by atoms with Crippen LogP contribution in [-0.2, 0) is 5.41 Å². The van der Waals surface area contributed by atoms with Crippen LogP contribution in [0.4, 0.5) is 13.2 Å². The van der Waals surface area contributed by atoms with Gasteiger partial charge < -0.3 is 4.74 Å². The van der Waals surface area contributed by atoms with Gasteiger partial charge in [0.1, 0.15) is 5.75 Å². The van der Waals surface area contributed by atoms with Crippen LogP contribution in [0.2, 0.25) is 0 Å². The zero-order valence-electron chi connectivity index (χ0n) is 9.48. The molecule has 4 heteroatoms. The third-order valence-electron chi connectivity index (χ3n) is 2.03. The van der Waals surface area contributed by atoms with Crippen LogP contribution in [-0.4, -0.2) is 12.8 Å². The highest BCUT2D eigenvalue weighted by Crippen LogP contribution is 2.26. The first-order valence-electron chi connectivity index (χ1n) is 4.90. The van der Waals surface area contributed by atoms with Gasteiger partial charge in [0, 0.05) is 0 Å². The first-order chi connectivity index (χ1) is 7.18. The topological polar surface area (TPSA) is 9.23 Å². The zero-order valence-corrected chi connectivity index (χ0v) is 9.48. The van der Waals surface area contributed by atoms with E-state index in [0.717, 1.165) is 5.56 Å². The van der Waals surface area contributed by atoms with E-state index in [1.165, 1.54) is 6.07 Å². The molecule has 16 heavy (non-hydrogen) atoms. The highest BCUT2D eigenvalue weighted by atomic mass is 19.4. The molecule has 0 unspecified atom stereocenters. The van der Waals surface area contributed by atoms with Gasteiger partial charge in [-0.05, 0) is 29.2 Å². The highest BCUT2D eigenvalue weighted by molar-refractivity contribution is 5.31. The lowest BCUT2D eigenvalue weighted by Crippen LogP contribution is -2.19. The minimum atomic E-state index is -4.31. The number of rotatable bonds is 2. The van der Waals surface area contributed by atoms with E-state index in [4.69, 9.17) is 0 Å². The van der Waals surface area contributed by atoms with Crippen molar-refractivity contribution < 1.29 is 17.9 Å². The van der Waals surface area contributed by atoms with Gasteiger partial charge in [0.15, 0.2) is 6.61 Å². The number of hydrogen-bond acceptors (Lipinski definition) is 1. The summed E-state index contributed by atoms with van der Waals surface area (Å²) in [6.07, 6.45) is -4.31. The summed E-state index contributed by atoms with van der Waals surface area (Å²) in [7, 11) is 0. The van der Waals surface area contributed by atoms with Crippen molar-refractivity contribution in [1.82, 2.24) is 0 Å². The summed E-state index contributed by atoms with van der Waals surface area (Å²) in [5.74, 6) is 0.199. The molecule has 0 aliphatic carbocycles. The molecule has 0 aromatic heterocycles. The number of hydrogen-bond donors (Lipinski definition) is 0. The molecule has 0 spiro atoms. The fourth-order valence-electron chi connectivity index (χ4n) is 1.13. The smallest absolute Gasteiger partial charge is 0.422 e. The summed E-state index contributed by atoms with van der Waals surface area (Å²) in [5, 5.41) is 0. The van der Waals surface area contributed by atoms with Crippen LogP contribution < -0.4 is 4.74 Å². The molecule has 0 saturated carbocycles. The summed E-state index contributed by atoms with van der Waals surface area (Å²) >= 11 is 0. The van der Waals surface area contributed by atoms with Crippen molar-refractivity contribution in [1.29, 1.82) is 0 Å². The number of benzene rings is 1. The molecule has 0 aliphatic rings. The Morgan fingerprint density at radius 1 is 1.19 bits per heavy atom. The molecule has 0 heterocycles. The Morgan fingerprint density at radius 3 is 2.31 bits per heavy atom. The molecule has 0 aliphatic heterocycles. The van der Waals surface area contributed by atoms with Gasteiger partial charge in [-0.1, -0.05) is 26.8 Å². The van der Waals surface area contributed by atoms with Gasteiger partial charge in [0.05, 0.1) is 0 Å². The van der Waals surface area contributed by atoms with E-state index >= 15 is 0 Å². The number of halogens is 3. The fourth-order valence-corrected chi connectivity index (χ4v) is 1.13. The van der Waals surface area contributed by atoms with Crippen LogP contribution in [0.1, 0.15) is 26.3 Å². The Morgan fingerprint density at radius 2 is 1.81 bits per heavy atom. The monoisotopic (exact) mass is 231 g/mol. The van der Waals surface area contributed by atoms with Crippen LogP contribution in [0.15, 0.2) is 18.2 Å². The van der Waals surface area contributed by atoms with Gasteiger partial charge in [-0.25, -0.2) is 0 Å². The number of alkyl halides is 3. The zero-order chi connectivity index (χ0) is 12.4. The molecule has 0 fully saturated rings. The lowest BCUT2D eigenvalue weighted by molar-refractivity contribution is -0.153. The van der Waals surface area contributed by atoms with E-state index in [-0.39, 0.29) is 11.2 Å². The Bertz CT molecular complexity index is 350. The van der Waals surface area contributed by atoms with Crippen molar-refractivity contribution in [2.75, 3.05) is 6.61 Å². The van der Waals surface area contributed by atoms with Crippen LogP contribution >= 0.6 is 0 Å². The lowest BCUT2D eigenvalue weighted by Gasteiger charge is -2.19. The van der Waals surface area contributed by atoms with E-state index in [9.17, 15) is 13.2 Å². The molecule has 0 bridgehead atoms. The van der Waals surface area contributed by atoms with Crippen molar-refractivity contribution in [3.05, 3.63) is 29.8 Å². The van der Waals surface area contributed by atoms with E-state index in [2.05, 4.69) is 10.8 Å². The average Bonchev–Trinajstić information content (AvgIpc) is 2.13. The van der Waals surface area contributed by atoms with Crippen LogP contribution in [0.25, 0.3) is 0 Å².